The minimum absolute atomic E-state index is 0.128. The first-order valence-corrected chi connectivity index (χ1v) is 11.9. The number of hydrogen-bond acceptors (Lipinski definition) is 5. The number of anilines is 1. The van der Waals surface area contributed by atoms with Crippen molar-refractivity contribution >= 4 is 21.6 Å². The van der Waals surface area contributed by atoms with E-state index in [1.54, 1.807) is 61.7 Å². The summed E-state index contributed by atoms with van der Waals surface area (Å²) in [6.07, 6.45) is 0. The monoisotopic (exact) mass is 468 g/mol. The van der Waals surface area contributed by atoms with Gasteiger partial charge in [-0.15, -0.1) is 0 Å². The zero-order chi connectivity index (χ0) is 23.8. The first-order valence-electron chi connectivity index (χ1n) is 10.5. The molecule has 0 aliphatic carbocycles. The number of carbonyl (C=O) groups excluding carboxylic acids is 1. The summed E-state index contributed by atoms with van der Waals surface area (Å²) in [7, 11) is -2.36. The van der Waals surface area contributed by atoms with Crippen molar-refractivity contribution < 1.29 is 22.7 Å². The van der Waals surface area contributed by atoms with E-state index in [2.05, 4.69) is 5.32 Å². The molecule has 0 aliphatic heterocycles. The van der Waals surface area contributed by atoms with E-state index in [1.807, 2.05) is 32.0 Å². The van der Waals surface area contributed by atoms with Crippen LogP contribution < -0.4 is 19.1 Å². The molecule has 0 aromatic heterocycles. The van der Waals surface area contributed by atoms with Crippen molar-refractivity contribution in [2.75, 3.05) is 31.1 Å². The molecule has 7 nitrogen and oxygen atoms in total. The van der Waals surface area contributed by atoms with Crippen LogP contribution in [0, 0.1) is 13.8 Å². The van der Waals surface area contributed by atoms with Crippen LogP contribution in [0.5, 0.6) is 11.5 Å². The van der Waals surface area contributed by atoms with Crippen LogP contribution in [-0.2, 0) is 14.8 Å². The zero-order valence-electron chi connectivity index (χ0n) is 18.9. The fraction of sp³-hybridized carbons (Fsp3) is 0.240. The maximum Gasteiger partial charge on any atom is 0.264 e. The van der Waals surface area contributed by atoms with E-state index in [0.717, 1.165) is 15.4 Å². The molecule has 0 bridgehead atoms. The predicted octanol–water partition coefficient (Wildman–Crippen LogP) is 3.70. The summed E-state index contributed by atoms with van der Waals surface area (Å²) >= 11 is 0. The van der Waals surface area contributed by atoms with E-state index < -0.39 is 15.9 Å². The lowest BCUT2D eigenvalue weighted by atomic mass is 10.2. The Morgan fingerprint density at radius 1 is 0.909 bits per heavy atom. The fourth-order valence-electron chi connectivity index (χ4n) is 3.17. The van der Waals surface area contributed by atoms with Crippen LogP contribution in [0.15, 0.2) is 77.7 Å². The average Bonchev–Trinajstić information content (AvgIpc) is 2.80. The van der Waals surface area contributed by atoms with Crippen molar-refractivity contribution in [2.24, 2.45) is 0 Å². The van der Waals surface area contributed by atoms with Gasteiger partial charge in [0.2, 0.25) is 5.91 Å². The summed E-state index contributed by atoms with van der Waals surface area (Å²) < 4.78 is 38.7. The molecule has 0 saturated heterocycles. The molecular weight excluding hydrogens is 440 g/mol. The number of ether oxygens (including phenoxy) is 2. The number of nitrogens with one attached hydrogen (secondary N) is 1. The van der Waals surface area contributed by atoms with Crippen molar-refractivity contribution in [2.45, 2.75) is 18.7 Å². The highest BCUT2D eigenvalue weighted by Gasteiger charge is 2.27. The van der Waals surface area contributed by atoms with Gasteiger partial charge >= 0.3 is 0 Å². The van der Waals surface area contributed by atoms with Gasteiger partial charge in [-0.05, 0) is 55.8 Å². The molecule has 3 rings (SSSR count). The lowest BCUT2D eigenvalue weighted by Gasteiger charge is -2.24. The molecule has 0 spiro atoms. The third kappa shape index (κ3) is 6.49. The molecule has 0 saturated carbocycles. The Hall–Kier alpha value is -3.52. The van der Waals surface area contributed by atoms with Gasteiger partial charge in [-0.25, -0.2) is 8.42 Å². The second kappa shape index (κ2) is 10.9. The lowest BCUT2D eigenvalue weighted by molar-refractivity contribution is -0.119. The topological polar surface area (TPSA) is 84.9 Å². The minimum atomic E-state index is -3.94. The van der Waals surface area contributed by atoms with Crippen molar-refractivity contribution in [3.05, 3.63) is 83.9 Å². The highest BCUT2D eigenvalue weighted by molar-refractivity contribution is 7.92. The maximum atomic E-state index is 13.4. The van der Waals surface area contributed by atoms with E-state index >= 15 is 0 Å². The quantitative estimate of drug-likeness (QED) is 0.459. The molecule has 33 heavy (non-hydrogen) atoms. The molecule has 3 aromatic carbocycles. The van der Waals surface area contributed by atoms with Crippen LogP contribution in [0.25, 0.3) is 0 Å². The number of rotatable bonds is 10. The predicted molar refractivity (Wildman–Crippen MR) is 128 cm³/mol. The van der Waals surface area contributed by atoms with Crippen LogP contribution in [0.4, 0.5) is 5.69 Å². The maximum absolute atomic E-state index is 13.4. The van der Waals surface area contributed by atoms with E-state index in [-0.39, 0.29) is 24.6 Å². The first kappa shape index (κ1) is 24.1. The number of amides is 1. The number of methoxy groups -OCH3 is 1. The standard InChI is InChI=1S/C25H28N2O5S/c1-19-10-12-24(13-11-19)33(29,30)27(21-7-4-6-20(2)16-21)18-25(28)26-14-15-32-23-9-5-8-22(17-23)31-3/h4-13,16-17H,14-15,18H2,1-3H3,(H,26,28). The van der Waals surface area contributed by atoms with Crippen molar-refractivity contribution in [1.29, 1.82) is 0 Å². The number of hydrogen-bond donors (Lipinski definition) is 1. The van der Waals surface area contributed by atoms with E-state index in [0.29, 0.717) is 17.2 Å². The molecule has 0 fully saturated rings. The molecule has 0 aliphatic rings. The summed E-state index contributed by atoms with van der Waals surface area (Å²) in [4.78, 5) is 12.8. The fourth-order valence-corrected chi connectivity index (χ4v) is 4.59. The van der Waals surface area contributed by atoms with Crippen molar-refractivity contribution in [3.63, 3.8) is 0 Å². The number of benzene rings is 3. The van der Waals surface area contributed by atoms with Crippen LogP contribution in [-0.4, -0.2) is 41.1 Å². The van der Waals surface area contributed by atoms with Gasteiger partial charge in [0.25, 0.3) is 10.0 Å². The minimum Gasteiger partial charge on any atom is -0.497 e. The summed E-state index contributed by atoms with van der Waals surface area (Å²) in [6.45, 7) is 3.86. The summed E-state index contributed by atoms with van der Waals surface area (Å²) in [6, 6.07) is 20.8. The Balaban J connectivity index is 1.69. The van der Waals surface area contributed by atoms with Crippen LogP contribution in [0.3, 0.4) is 0 Å². The highest BCUT2D eigenvalue weighted by atomic mass is 32.2. The smallest absolute Gasteiger partial charge is 0.264 e. The SMILES string of the molecule is COc1cccc(OCCNC(=O)CN(c2cccc(C)c2)S(=O)(=O)c2ccc(C)cc2)c1. The molecule has 0 radical (unpaired) electrons. The largest absolute Gasteiger partial charge is 0.497 e. The lowest BCUT2D eigenvalue weighted by Crippen LogP contribution is -2.42. The van der Waals surface area contributed by atoms with Gasteiger partial charge in [0.15, 0.2) is 0 Å². The summed E-state index contributed by atoms with van der Waals surface area (Å²) in [5, 5.41) is 2.73. The van der Waals surface area contributed by atoms with Gasteiger partial charge in [0.1, 0.15) is 24.7 Å². The van der Waals surface area contributed by atoms with Gasteiger partial charge in [-0.2, -0.15) is 0 Å². The van der Waals surface area contributed by atoms with Gasteiger partial charge in [0, 0.05) is 6.07 Å². The Labute approximate surface area is 195 Å². The van der Waals surface area contributed by atoms with Crippen LogP contribution in [0.1, 0.15) is 11.1 Å². The van der Waals surface area contributed by atoms with Gasteiger partial charge in [-0.3, -0.25) is 9.10 Å². The van der Waals surface area contributed by atoms with Gasteiger partial charge in [-0.1, -0.05) is 35.9 Å². The number of aryl methyl sites for hydroxylation is 2. The Bertz CT molecular complexity index is 1190. The molecule has 0 heterocycles. The van der Waals surface area contributed by atoms with Crippen molar-refractivity contribution in [3.8, 4) is 11.5 Å². The molecule has 0 atom stereocenters. The molecule has 1 amide bonds. The zero-order valence-corrected chi connectivity index (χ0v) is 19.8. The molecular formula is C25H28N2O5S. The van der Waals surface area contributed by atoms with Crippen LogP contribution in [0.2, 0.25) is 0 Å². The van der Waals surface area contributed by atoms with E-state index in [4.69, 9.17) is 9.47 Å². The second-order valence-electron chi connectivity index (χ2n) is 7.54. The van der Waals surface area contributed by atoms with Gasteiger partial charge in [0.05, 0.1) is 24.2 Å². The number of sulfonamides is 1. The average molecular weight is 469 g/mol. The first-order chi connectivity index (χ1) is 15.8. The summed E-state index contributed by atoms with van der Waals surface area (Å²) in [5.74, 6) is 0.861. The molecule has 8 heteroatoms. The van der Waals surface area contributed by atoms with E-state index in [9.17, 15) is 13.2 Å². The second-order valence-corrected chi connectivity index (χ2v) is 9.40. The summed E-state index contributed by atoms with van der Waals surface area (Å²) in [5.41, 5.74) is 2.27. The molecule has 3 aromatic rings. The Morgan fingerprint density at radius 2 is 1.61 bits per heavy atom. The normalized spacial score (nSPS) is 11.0. The molecule has 1 N–H and O–H groups in total. The third-order valence-corrected chi connectivity index (χ3v) is 6.71. The van der Waals surface area contributed by atoms with Gasteiger partial charge < -0.3 is 14.8 Å². The highest BCUT2D eigenvalue weighted by Crippen LogP contribution is 2.24. The Morgan fingerprint density at radius 3 is 2.30 bits per heavy atom. The molecule has 174 valence electrons. The third-order valence-electron chi connectivity index (χ3n) is 4.92. The van der Waals surface area contributed by atoms with E-state index in [1.165, 1.54) is 0 Å². The number of carbonyl (C=O) groups is 1. The molecule has 0 unspecified atom stereocenters. The van der Waals surface area contributed by atoms with Crippen molar-refractivity contribution in [1.82, 2.24) is 5.32 Å². The number of nitrogens with zero attached hydrogens (tertiary/aromatic N) is 1. The van der Waals surface area contributed by atoms with Crippen LogP contribution >= 0.6 is 0 Å². The Kier molecular flexibility index (Phi) is 7.95.